The molecule has 0 bridgehead atoms. The van der Waals surface area contributed by atoms with Gasteiger partial charge in [-0.15, -0.1) is 0 Å². The molecule has 1 amide bonds. The minimum Gasteiger partial charge on any atom is -0.336 e. The fourth-order valence-electron chi connectivity index (χ4n) is 1.53. The van der Waals surface area contributed by atoms with E-state index >= 15 is 0 Å². The van der Waals surface area contributed by atoms with Crippen molar-refractivity contribution in [2.24, 2.45) is 0 Å². The Kier molecular flexibility index (Phi) is 4.01. The van der Waals surface area contributed by atoms with Crippen LogP contribution in [0.4, 0.5) is 0 Å². The summed E-state index contributed by atoms with van der Waals surface area (Å²) in [5.41, 5.74) is 0.372. The zero-order valence-electron chi connectivity index (χ0n) is 8.73. The second-order valence-electron chi connectivity index (χ2n) is 3.48. The predicted octanol–water partition coefficient (Wildman–Crippen LogP) is 1.71. The van der Waals surface area contributed by atoms with Crippen LogP contribution >= 0.6 is 23.4 Å². The Morgan fingerprint density at radius 3 is 2.94 bits per heavy atom. The van der Waals surface area contributed by atoms with Crippen LogP contribution in [-0.4, -0.2) is 45.4 Å². The summed E-state index contributed by atoms with van der Waals surface area (Å²) in [5.74, 6) is 2.06. The zero-order valence-corrected chi connectivity index (χ0v) is 10.3. The van der Waals surface area contributed by atoms with E-state index < -0.39 is 0 Å². The maximum atomic E-state index is 12.0. The average Bonchev–Trinajstić information content (AvgIpc) is 2.57. The first-order valence-electron chi connectivity index (χ1n) is 5.12. The monoisotopic (exact) mass is 257 g/mol. The average molecular weight is 258 g/mol. The Bertz CT molecular complexity index is 363. The van der Waals surface area contributed by atoms with Gasteiger partial charge in [-0.2, -0.15) is 11.8 Å². The molecule has 0 unspecified atom stereocenters. The number of thioether (sulfide) groups is 1. The molecule has 2 rings (SSSR count). The fraction of sp³-hybridized carbons (Fsp3) is 0.500. The molecule has 0 aliphatic carbocycles. The van der Waals surface area contributed by atoms with Crippen molar-refractivity contribution in [3.63, 3.8) is 0 Å². The highest BCUT2D eigenvalue weighted by Gasteiger charge is 2.18. The Balaban J connectivity index is 2.08. The zero-order chi connectivity index (χ0) is 11.4. The number of nitrogens with zero attached hydrogens (tertiary/aromatic N) is 3. The Hall–Kier alpha value is -0.810. The van der Waals surface area contributed by atoms with Crippen molar-refractivity contribution in [2.45, 2.75) is 6.42 Å². The smallest absolute Gasteiger partial charge is 0.274 e. The fourth-order valence-corrected chi connectivity index (χ4v) is 2.52. The van der Waals surface area contributed by atoms with Crippen molar-refractivity contribution in [1.82, 2.24) is 14.9 Å². The van der Waals surface area contributed by atoms with Crippen molar-refractivity contribution >= 4 is 29.3 Å². The summed E-state index contributed by atoms with van der Waals surface area (Å²) in [7, 11) is 0. The van der Waals surface area contributed by atoms with Crippen LogP contribution in [-0.2, 0) is 0 Å². The lowest BCUT2D eigenvalue weighted by Crippen LogP contribution is -2.33. The van der Waals surface area contributed by atoms with E-state index in [0.29, 0.717) is 10.8 Å². The van der Waals surface area contributed by atoms with Crippen LogP contribution in [0.1, 0.15) is 16.9 Å². The number of carbonyl (C=O) groups is 1. The third-order valence-corrected chi connectivity index (χ3v) is 3.59. The number of carbonyl (C=O) groups excluding carboxylic acids is 1. The Morgan fingerprint density at radius 2 is 2.19 bits per heavy atom. The molecule has 6 heteroatoms. The van der Waals surface area contributed by atoms with Gasteiger partial charge in [-0.05, 0) is 12.2 Å². The molecule has 1 aliphatic rings. The van der Waals surface area contributed by atoms with Crippen LogP contribution in [0.5, 0.6) is 0 Å². The van der Waals surface area contributed by atoms with Crippen molar-refractivity contribution in [3.05, 3.63) is 23.2 Å². The molecule has 0 atom stereocenters. The standard InChI is InChI=1S/C10H12ClN3OS/c11-9-7-12-8(6-13-9)10(15)14-2-1-4-16-5-3-14/h6-7H,1-5H2. The summed E-state index contributed by atoms with van der Waals surface area (Å²) in [5, 5.41) is 0.308. The molecule has 4 nitrogen and oxygen atoms in total. The molecule has 1 aromatic rings. The van der Waals surface area contributed by atoms with Crippen LogP contribution in [0.25, 0.3) is 0 Å². The second-order valence-corrected chi connectivity index (χ2v) is 5.09. The molecule has 1 fully saturated rings. The molecular formula is C10H12ClN3OS. The highest BCUT2D eigenvalue weighted by molar-refractivity contribution is 7.99. The molecule has 1 aromatic heterocycles. The van der Waals surface area contributed by atoms with Crippen molar-refractivity contribution in [1.29, 1.82) is 0 Å². The minimum atomic E-state index is -0.0494. The predicted molar refractivity (Wildman–Crippen MR) is 64.9 cm³/mol. The van der Waals surface area contributed by atoms with Crippen LogP contribution < -0.4 is 0 Å². The molecule has 1 aliphatic heterocycles. The van der Waals surface area contributed by atoms with E-state index in [2.05, 4.69) is 9.97 Å². The van der Waals surface area contributed by atoms with Gasteiger partial charge >= 0.3 is 0 Å². The molecule has 0 saturated carbocycles. The summed E-state index contributed by atoms with van der Waals surface area (Å²) >= 11 is 7.51. The summed E-state index contributed by atoms with van der Waals surface area (Å²) < 4.78 is 0. The first kappa shape index (κ1) is 11.7. The number of halogens is 1. The number of aromatic nitrogens is 2. The van der Waals surface area contributed by atoms with E-state index in [1.54, 1.807) is 0 Å². The lowest BCUT2D eigenvalue weighted by Gasteiger charge is -2.18. The largest absolute Gasteiger partial charge is 0.336 e. The highest BCUT2D eigenvalue weighted by Crippen LogP contribution is 2.12. The van der Waals surface area contributed by atoms with Crippen molar-refractivity contribution < 1.29 is 4.79 Å². The van der Waals surface area contributed by atoms with E-state index in [1.807, 2.05) is 16.7 Å². The second kappa shape index (κ2) is 5.50. The molecule has 0 N–H and O–H groups in total. The molecule has 0 spiro atoms. The van der Waals surface area contributed by atoms with Gasteiger partial charge in [-0.25, -0.2) is 9.97 Å². The summed E-state index contributed by atoms with van der Waals surface area (Å²) in [6.45, 7) is 1.59. The van der Waals surface area contributed by atoms with E-state index in [1.165, 1.54) is 12.4 Å². The van der Waals surface area contributed by atoms with E-state index in [0.717, 1.165) is 31.0 Å². The third-order valence-electron chi connectivity index (χ3n) is 2.35. The molecular weight excluding hydrogens is 246 g/mol. The maximum absolute atomic E-state index is 12.0. The normalized spacial score (nSPS) is 16.9. The first-order chi connectivity index (χ1) is 7.77. The van der Waals surface area contributed by atoms with Gasteiger partial charge in [0.1, 0.15) is 10.8 Å². The minimum absolute atomic E-state index is 0.0494. The molecule has 0 radical (unpaired) electrons. The van der Waals surface area contributed by atoms with Crippen LogP contribution in [0.2, 0.25) is 5.15 Å². The van der Waals surface area contributed by atoms with Crippen LogP contribution in [0.3, 0.4) is 0 Å². The molecule has 0 aromatic carbocycles. The number of hydrogen-bond donors (Lipinski definition) is 0. The highest BCUT2D eigenvalue weighted by atomic mass is 35.5. The lowest BCUT2D eigenvalue weighted by atomic mass is 10.3. The summed E-state index contributed by atoms with van der Waals surface area (Å²) in [4.78, 5) is 21.7. The SMILES string of the molecule is O=C(c1cnc(Cl)cn1)N1CCCSCC1. The first-order valence-corrected chi connectivity index (χ1v) is 6.65. The molecule has 2 heterocycles. The van der Waals surface area contributed by atoms with Crippen molar-refractivity contribution in [3.8, 4) is 0 Å². The van der Waals surface area contributed by atoms with E-state index in [4.69, 9.17) is 11.6 Å². The van der Waals surface area contributed by atoms with E-state index in [9.17, 15) is 4.79 Å². The topological polar surface area (TPSA) is 46.1 Å². The van der Waals surface area contributed by atoms with E-state index in [-0.39, 0.29) is 5.91 Å². The van der Waals surface area contributed by atoms with Gasteiger partial charge in [-0.3, -0.25) is 4.79 Å². The third kappa shape index (κ3) is 2.86. The van der Waals surface area contributed by atoms with Gasteiger partial charge in [-0.1, -0.05) is 11.6 Å². The van der Waals surface area contributed by atoms with Crippen LogP contribution in [0, 0.1) is 0 Å². The van der Waals surface area contributed by atoms with Gasteiger partial charge in [0.2, 0.25) is 0 Å². The van der Waals surface area contributed by atoms with Gasteiger partial charge in [0.15, 0.2) is 0 Å². The van der Waals surface area contributed by atoms with Gasteiger partial charge in [0.05, 0.1) is 12.4 Å². The molecule has 1 saturated heterocycles. The van der Waals surface area contributed by atoms with Crippen molar-refractivity contribution in [2.75, 3.05) is 24.6 Å². The number of amides is 1. The lowest BCUT2D eigenvalue weighted by molar-refractivity contribution is 0.0762. The summed E-state index contributed by atoms with van der Waals surface area (Å²) in [6.07, 6.45) is 3.88. The summed E-state index contributed by atoms with van der Waals surface area (Å²) in [6, 6.07) is 0. The Morgan fingerprint density at radius 1 is 1.31 bits per heavy atom. The van der Waals surface area contributed by atoms with Gasteiger partial charge in [0, 0.05) is 18.8 Å². The van der Waals surface area contributed by atoms with Gasteiger partial charge in [0.25, 0.3) is 5.91 Å². The molecule has 16 heavy (non-hydrogen) atoms. The maximum Gasteiger partial charge on any atom is 0.274 e. The number of hydrogen-bond acceptors (Lipinski definition) is 4. The van der Waals surface area contributed by atoms with Crippen LogP contribution in [0.15, 0.2) is 12.4 Å². The number of rotatable bonds is 1. The molecule has 86 valence electrons. The quantitative estimate of drug-likeness (QED) is 0.768. The Labute approximate surface area is 103 Å². The van der Waals surface area contributed by atoms with Gasteiger partial charge < -0.3 is 4.90 Å².